The van der Waals surface area contributed by atoms with Crippen LogP contribution in [0.3, 0.4) is 0 Å². The largest absolute Gasteiger partial charge is 0.451 e. The quantitative estimate of drug-likeness (QED) is 0.757. The average molecular weight is 369 g/mol. The standard InChI is InChI=1S/C19H16FN3O4/c1-12(18(25)23-16-5-3-2-4-14(16)10-21)27-17(24)11-22-19(26)13-6-8-15(20)9-7-13/h2-9,12H,11H2,1H3,(H,22,26)(H,23,25)/t12-/m0/s1. The molecule has 0 radical (unpaired) electrons. The molecule has 2 aromatic carbocycles. The van der Waals surface area contributed by atoms with Crippen molar-refractivity contribution in [1.82, 2.24) is 5.32 Å². The molecule has 1 atom stereocenters. The van der Waals surface area contributed by atoms with Crippen molar-refractivity contribution in [1.29, 1.82) is 5.26 Å². The Morgan fingerprint density at radius 2 is 1.81 bits per heavy atom. The van der Waals surface area contributed by atoms with Crippen LogP contribution in [0.4, 0.5) is 10.1 Å². The molecule has 0 aliphatic carbocycles. The second-order valence-corrected chi connectivity index (χ2v) is 5.47. The summed E-state index contributed by atoms with van der Waals surface area (Å²) in [5.41, 5.74) is 0.761. The minimum atomic E-state index is -1.13. The first-order valence-electron chi connectivity index (χ1n) is 7.94. The van der Waals surface area contributed by atoms with Gasteiger partial charge in [0.05, 0.1) is 11.3 Å². The summed E-state index contributed by atoms with van der Waals surface area (Å²) in [6.45, 7) is 0.909. The van der Waals surface area contributed by atoms with Crippen LogP contribution in [0, 0.1) is 17.1 Å². The number of amides is 2. The van der Waals surface area contributed by atoms with E-state index >= 15 is 0 Å². The molecule has 138 valence electrons. The number of halogens is 1. The van der Waals surface area contributed by atoms with Crippen molar-refractivity contribution in [3.05, 3.63) is 65.5 Å². The molecule has 8 heteroatoms. The summed E-state index contributed by atoms with van der Waals surface area (Å²) in [5.74, 6) is -2.49. The Balaban J connectivity index is 1.84. The number of ether oxygens (including phenoxy) is 1. The van der Waals surface area contributed by atoms with Crippen molar-refractivity contribution < 1.29 is 23.5 Å². The Morgan fingerprint density at radius 3 is 2.48 bits per heavy atom. The number of hydrogen-bond acceptors (Lipinski definition) is 5. The zero-order valence-corrected chi connectivity index (χ0v) is 14.4. The number of benzene rings is 2. The second kappa shape index (κ2) is 9.10. The summed E-state index contributed by atoms with van der Waals surface area (Å²) >= 11 is 0. The van der Waals surface area contributed by atoms with Gasteiger partial charge >= 0.3 is 5.97 Å². The zero-order valence-electron chi connectivity index (χ0n) is 14.4. The molecule has 2 rings (SSSR count). The van der Waals surface area contributed by atoms with Gasteiger partial charge in [0.2, 0.25) is 0 Å². The van der Waals surface area contributed by atoms with Gasteiger partial charge in [-0.1, -0.05) is 12.1 Å². The first-order chi connectivity index (χ1) is 12.9. The molecule has 27 heavy (non-hydrogen) atoms. The predicted octanol–water partition coefficient (Wildman–Crippen LogP) is 2.00. The Kier molecular flexibility index (Phi) is 6.61. The van der Waals surface area contributed by atoms with Crippen molar-refractivity contribution in [2.75, 3.05) is 11.9 Å². The molecular weight excluding hydrogens is 353 g/mol. The zero-order chi connectivity index (χ0) is 19.8. The molecule has 0 saturated heterocycles. The molecule has 2 aromatic rings. The van der Waals surface area contributed by atoms with Gasteiger partial charge in [-0.3, -0.25) is 14.4 Å². The van der Waals surface area contributed by atoms with E-state index < -0.39 is 36.2 Å². The molecule has 0 aromatic heterocycles. The maximum absolute atomic E-state index is 12.8. The van der Waals surface area contributed by atoms with E-state index in [1.165, 1.54) is 25.1 Å². The number of carbonyl (C=O) groups excluding carboxylic acids is 3. The van der Waals surface area contributed by atoms with Gasteiger partial charge in [0, 0.05) is 5.56 Å². The van der Waals surface area contributed by atoms with E-state index in [-0.39, 0.29) is 11.1 Å². The summed E-state index contributed by atoms with van der Waals surface area (Å²) in [5, 5.41) is 13.8. The number of para-hydroxylation sites is 1. The van der Waals surface area contributed by atoms with E-state index in [4.69, 9.17) is 10.00 Å². The number of anilines is 1. The third-order valence-electron chi connectivity index (χ3n) is 3.48. The third-order valence-corrected chi connectivity index (χ3v) is 3.48. The van der Waals surface area contributed by atoms with E-state index in [0.717, 1.165) is 12.1 Å². The minimum absolute atomic E-state index is 0.183. The topological polar surface area (TPSA) is 108 Å². The van der Waals surface area contributed by atoms with Gasteiger partial charge in [-0.05, 0) is 43.3 Å². The molecule has 2 N–H and O–H groups in total. The number of carbonyl (C=O) groups is 3. The van der Waals surface area contributed by atoms with Gasteiger partial charge in [0.25, 0.3) is 11.8 Å². The monoisotopic (exact) mass is 369 g/mol. The fourth-order valence-corrected chi connectivity index (χ4v) is 2.07. The highest BCUT2D eigenvalue weighted by molar-refractivity contribution is 5.97. The lowest BCUT2D eigenvalue weighted by Gasteiger charge is -2.14. The smallest absolute Gasteiger partial charge is 0.326 e. The first-order valence-corrected chi connectivity index (χ1v) is 7.94. The highest BCUT2D eigenvalue weighted by Crippen LogP contribution is 2.14. The Morgan fingerprint density at radius 1 is 1.15 bits per heavy atom. The highest BCUT2D eigenvalue weighted by atomic mass is 19.1. The molecule has 7 nitrogen and oxygen atoms in total. The van der Waals surface area contributed by atoms with Crippen LogP contribution in [-0.4, -0.2) is 30.4 Å². The van der Waals surface area contributed by atoms with Crippen LogP contribution in [0.5, 0.6) is 0 Å². The molecular formula is C19H16FN3O4. The van der Waals surface area contributed by atoms with Crippen LogP contribution in [0.25, 0.3) is 0 Å². The van der Waals surface area contributed by atoms with Crippen LogP contribution in [-0.2, 0) is 14.3 Å². The van der Waals surface area contributed by atoms with Crippen molar-refractivity contribution >= 4 is 23.5 Å². The van der Waals surface area contributed by atoms with E-state index in [1.807, 2.05) is 6.07 Å². The Bertz CT molecular complexity index is 891. The fourth-order valence-electron chi connectivity index (χ4n) is 2.07. The van der Waals surface area contributed by atoms with Gasteiger partial charge in [-0.15, -0.1) is 0 Å². The molecule has 0 spiro atoms. The maximum atomic E-state index is 12.8. The highest BCUT2D eigenvalue weighted by Gasteiger charge is 2.19. The SMILES string of the molecule is C[C@H](OC(=O)CNC(=O)c1ccc(F)cc1)C(=O)Nc1ccccc1C#N. The number of nitriles is 1. The van der Waals surface area contributed by atoms with Crippen LogP contribution in [0.1, 0.15) is 22.8 Å². The molecule has 0 heterocycles. The minimum Gasteiger partial charge on any atom is -0.451 e. The Labute approximate surface area is 154 Å². The van der Waals surface area contributed by atoms with Crippen LogP contribution < -0.4 is 10.6 Å². The maximum Gasteiger partial charge on any atom is 0.326 e. The first kappa shape index (κ1) is 19.6. The van der Waals surface area contributed by atoms with Crippen molar-refractivity contribution in [2.45, 2.75) is 13.0 Å². The number of esters is 1. The molecule has 2 amide bonds. The number of nitrogens with zero attached hydrogens (tertiary/aromatic N) is 1. The molecule has 0 saturated carbocycles. The molecule has 0 aliphatic rings. The number of nitrogens with one attached hydrogen (secondary N) is 2. The van der Waals surface area contributed by atoms with Gasteiger partial charge in [-0.2, -0.15) is 5.26 Å². The van der Waals surface area contributed by atoms with Crippen molar-refractivity contribution in [3.8, 4) is 6.07 Å². The van der Waals surface area contributed by atoms with E-state index in [0.29, 0.717) is 5.69 Å². The van der Waals surface area contributed by atoms with E-state index in [2.05, 4.69) is 10.6 Å². The molecule has 0 unspecified atom stereocenters. The second-order valence-electron chi connectivity index (χ2n) is 5.47. The summed E-state index contributed by atoms with van der Waals surface area (Å²) in [6, 6.07) is 13.1. The lowest BCUT2D eigenvalue weighted by Crippen LogP contribution is -2.35. The molecule has 0 bridgehead atoms. The average Bonchev–Trinajstić information content (AvgIpc) is 2.67. The Hall–Kier alpha value is -3.73. The lowest BCUT2D eigenvalue weighted by atomic mass is 10.2. The van der Waals surface area contributed by atoms with Crippen LogP contribution in [0.2, 0.25) is 0 Å². The van der Waals surface area contributed by atoms with Gasteiger partial charge < -0.3 is 15.4 Å². The summed E-state index contributed by atoms with van der Waals surface area (Å²) in [6.07, 6.45) is -1.13. The normalized spacial score (nSPS) is 11.0. The summed E-state index contributed by atoms with van der Waals surface area (Å²) in [7, 11) is 0. The summed E-state index contributed by atoms with van der Waals surface area (Å²) in [4.78, 5) is 35.7. The van der Waals surface area contributed by atoms with Gasteiger partial charge in [0.1, 0.15) is 18.4 Å². The van der Waals surface area contributed by atoms with Crippen molar-refractivity contribution in [2.24, 2.45) is 0 Å². The van der Waals surface area contributed by atoms with Crippen LogP contribution in [0.15, 0.2) is 48.5 Å². The number of rotatable bonds is 6. The fraction of sp³-hybridized carbons (Fsp3) is 0.158. The van der Waals surface area contributed by atoms with E-state index in [9.17, 15) is 18.8 Å². The van der Waals surface area contributed by atoms with Gasteiger partial charge in [0.15, 0.2) is 6.10 Å². The van der Waals surface area contributed by atoms with Gasteiger partial charge in [-0.25, -0.2) is 4.39 Å². The predicted molar refractivity (Wildman–Crippen MR) is 94.1 cm³/mol. The third kappa shape index (κ3) is 5.64. The molecule has 0 fully saturated rings. The lowest BCUT2D eigenvalue weighted by molar-refractivity contribution is -0.152. The summed E-state index contributed by atoms with van der Waals surface area (Å²) < 4.78 is 17.8. The number of hydrogen-bond donors (Lipinski definition) is 2. The van der Waals surface area contributed by atoms with E-state index in [1.54, 1.807) is 18.2 Å². The van der Waals surface area contributed by atoms with Crippen molar-refractivity contribution in [3.63, 3.8) is 0 Å². The molecule has 0 aliphatic heterocycles. The van der Waals surface area contributed by atoms with Crippen LogP contribution >= 0.6 is 0 Å².